The van der Waals surface area contributed by atoms with Crippen LogP contribution in [0.2, 0.25) is 0 Å². The zero-order chi connectivity index (χ0) is 13.7. The van der Waals surface area contributed by atoms with Crippen molar-refractivity contribution in [2.24, 2.45) is 0 Å². The molecule has 5 heteroatoms. The first-order valence-electron chi connectivity index (χ1n) is 5.86. The number of carbonyl (C=O) groups is 1. The van der Waals surface area contributed by atoms with Gasteiger partial charge in [-0.1, -0.05) is 6.07 Å². The SMILES string of the molecule is N#Cc1ccc(Cn2ccnc2CCC=O)cc1F. The summed E-state index contributed by atoms with van der Waals surface area (Å²) in [4.78, 5) is 14.5. The van der Waals surface area contributed by atoms with Crippen molar-refractivity contribution in [2.45, 2.75) is 19.4 Å². The third-order valence-electron chi connectivity index (χ3n) is 2.79. The molecule has 0 unspecified atom stereocenters. The van der Waals surface area contributed by atoms with Gasteiger partial charge in [0.1, 0.15) is 24.0 Å². The first-order chi connectivity index (χ1) is 9.24. The van der Waals surface area contributed by atoms with Crippen LogP contribution < -0.4 is 0 Å². The Bertz CT molecular complexity index is 628. The number of aryl methyl sites for hydroxylation is 1. The van der Waals surface area contributed by atoms with Crippen LogP contribution in [-0.4, -0.2) is 15.8 Å². The molecule has 96 valence electrons. The van der Waals surface area contributed by atoms with Gasteiger partial charge in [0, 0.05) is 31.8 Å². The fraction of sp³-hybridized carbons (Fsp3) is 0.214. The number of hydrogen-bond donors (Lipinski definition) is 0. The fourth-order valence-electron chi connectivity index (χ4n) is 1.84. The summed E-state index contributed by atoms with van der Waals surface area (Å²) in [5.41, 5.74) is 0.789. The van der Waals surface area contributed by atoms with E-state index >= 15 is 0 Å². The van der Waals surface area contributed by atoms with Crippen LogP contribution in [0.5, 0.6) is 0 Å². The number of rotatable bonds is 5. The minimum atomic E-state index is -0.519. The summed E-state index contributed by atoms with van der Waals surface area (Å²) in [6, 6.07) is 6.32. The third kappa shape index (κ3) is 3.05. The summed E-state index contributed by atoms with van der Waals surface area (Å²) < 4.78 is 15.4. The Labute approximate surface area is 110 Å². The van der Waals surface area contributed by atoms with Crippen LogP contribution in [0.25, 0.3) is 0 Å². The van der Waals surface area contributed by atoms with E-state index in [9.17, 15) is 9.18 Å². The van der Waals surface area contributed by atoms with E-state index in [1.807, 2.05) is 4.57 Å². The van der Waals surface area contributed by atoms with Crippen molar-refractivity contribution >= 4 is 6.29 Å². The molecule has 0 saturated heterocycles. The summed E-state index contributed by atoms with van der Waals surface area (Å²) in [6.07, 6.45) is 5.27. The predicted octanol–water partition coefficient (Wildman–Crippen LogP) is 2.07. The van der Waals surface area contributed by atoms with Gasteiger partial charge in [-0.05, 0) is 17.7 Å². The van der Waals surface area contributed by atoms with Gasteiger partial charge < -0.3 is 9.36 Å². The van der Waals surface area contributed by atoms with Gasteiger partial charge in [-0.25, -0.2) is 9.37 Å². The van der Waals surface area contributed by atoms with Crippen molar-refractivity contribution < 1.29 is 9.18 Å². The van der Waals surface area contributed by atoms with Gasteiger partial charge in [-0.2, -0.15) is 5.26 Å². The van der Waals surface area contributed by atoms with E-state index in [0.29, 0.717) is 19.4 Å². The monoisotopic (exact) mass is 257 g/mol. The Morgan fingerprint density at radius 2 is 2.32 bits per heavy atom. The van der Waals surface area contributed by atoms with Crippen molar-refractivity contribution in [2.75, 3.05) is 0 Å². The molecule has 2 rings (SSSR count). The molecule has 1 heterocycles. The van der Waals surface area contributed by atoms with Crippen LogP contribution >= 0.6 is 0 Å². The number of imidazole rings is 1. The average Bonchev–Trinajstić information content (AvgIpc) is 2.84. The molecule has 0 amide bonds. The zero-order valence-electron chi connectivity index (χ0n) is 10.2. The number of carbonyl (C=O) groups excluding carboxylic acids is 1. The highest BCUT2D eigenvalue weighted by atomic mass is 19.1. The molecule has 0 aliphatic carbocycles. The highest BCUT2D eigenvalue weighted by Crippen LogP contribution is 2.12. The summed E-state index contributed by atoms with van der Waals surface area (Å²) >= 11 is 0. The smallest absolute Gasteiger partial charge is 0.141 e. The van der Waals surface area contributed by atoms with Crippen LogP contribution in [0.4, 0.5) is 4.39 Å². The number of nitriles is 1. The second kappa shape index (κ2) is 5.91. The van der Waals surface area contributed by atoms with Gasteiger partial charge in [0.25, 0.3) is 0 Å². The summed E-state index contributed by atoms with van der Waals surface area (Å²) in [6.45, 7) is 0.469. The molecule has 0 spiro atoms. The topological polar surface area (TPSA) is 58.7 Å². The van der Waals surface area contributed by atoms with Crippen LogP contribution in [0.1, 0.15) is 23.4 Å². The molecule has 4 nitrogen and oxygen atoms in total. The van der Waals surface area contributed by atoms with E-state index in [1.54, 1.807) is 24.5 Å². The number of aromatic nitrogens is 2. The maximum atomic E-state index is 13.5. The third-order valence-corrected chi connectivity index (χ3v) is 2.79. The second-order valence-corrected chi connectivity index (χ2v) is 4.10. The highest BCUT2D eigenvalue weighted by Gasteiger charge is 2.06. The number of nitrogens with zero attached hydrogens (tertiary/aromatic N) is 3. The molecule has 0 radical (unpaired) electrons. The Balaban J connectivity index is 2.17. The second-order valence-electron chi connectivity index (χ2n) is 4.10. The van der Waals surface area contributed by atoms with Gasteiger partial charge in [-0.3, -0.25) is 0 Å². The lowest BCUT2D eigenvalue weighted by Gasteiger charge is -2.07. The normalized spacial score (nSPS) is 10.1. The Kier molecular flexibility index (Phi) is 4.04. The van der Waals surface area contributed by atoms with Crippen LogP contribution in [0, 0.1) is 17.1 Å². The van der Waals surface area contributed by atoms with Gasteiger partial charge in [0.05, 0.1) is 5.56 Å². The number of benzene rings is 1. The lowest BCUT2D eigenvalue weighted by molar-refractivity contribution is -0.107. The first-order valence-corrected chi connectivity index (χ1v) is 5.86. The molecule has 1 aromatic heterocycles. The van der Waals surface area contributed by atoms with Gasteiger partial charge in [-0.15, -0.1) is 0 Å². The Hall–Kier alpha value is -2.48. The van der Waals surface area contributed by atoms with Gasteiger partial charge >= 0.3 is 0 Å². The number of aldehydes is 1. The van der Waals surface area contributed by atoms with Crippen molar-refractivity contribution in [3.05, 3.63) is 53.4 Å². The van der Waals surface area contributed by atoms with Crippen LogP contribution in [0.3, 0.4) is 0 Å². The fourth-order valence-corrected chi connectivity index (χ4v) is 1.84. The molecular formula is C14H12FN3O. The van der Waals surface area contributed by atoms with E-state index in [4.69, 9.17) is 5.26 Å². The number of hydrogen-bond acceptors (Lipinski definition) is 3. The molecule has 0 bridgehead atoms. The van der Waals surface area contributed by atoms with Crippen LogP contribution in [0.15, 0.2) is 30.6 Å². The minimum Gasteiger partial charge on any atom is -0.331 e. The quantitative estimate of drug-likeness (QED) is 0.770. The van der Waals surface area contributed by atoms with E-state index < -0.39 is 5.82 Å². The maximum absolute atomic E-state index is 13.5. The van der Waals surface area contributed by atoms with E-state index in [0.717, 1.165) is 17.7 Å². The molecule has 0 aliphatic heterocycles. The molecule has 19 heavy (non-hydrogen) atoms. The predicted molar refractivity (Wildman–Crippen MR) is 66.8 cm³/mol. The molecular weight excluding hydrogens is 245 g/mol. The summed E-state index contributed by atoms with van der Waals surface area (Å²) in [5, 5.41) is 8.67. The maximum Gasteiger partial charge on any atom is 0.141 e. The summed E-state index contributed by atoms with van der Waals surface area (Å²) in [7, 11) is 0. The Morgan fingerprint density at radius 1 is 1.47 bits per heavy atom. The highest BCUT2D eigenvalue weighted by molar-refractivity contribution is 5.49. The Morgan fingerprint density at radius 3 is 3.00 bits per heavy atom. The van der Waals surface area contributed by atoms with E-state index in [-0.39, 0.29) is 5.56 Å². The molecule has 0 saturated carbocycles. The average molecular weight is 257 g/mol. The lowest BCUT2D eigenvalue weighted by Crippen LogP contribution is -2.05. The molecule has 0 aliphatic rings. The van der Waals surface area contributed by atoms with Crippen molar-refractivity contribution in [1.82, 2.24) is 9.55 Å². The van der Waals surface area contributed by atoms with Gasteiger partial charge in [0.2, 0.25) is 0 Å². The molecule has 0 atom stereocenters. The first kappa shape index (κ1) is 13.0. The van der Waals surface area contributed by atoms with Gasteiger partial charge in [0.15, 0.2) is 0 Å². The van der Waals surface area contributed by atoms with Crippen LogP contribution in [-0.2, 0) is 17.8 Å². The van der Waals surface area contributed by atoms with E-state index in [2.05, 4.69) is 4.98 Å². The van der Waals surface area contributed by atoms with E-state index in [1.165, 1.54) is 12.1 Å². The largest absolute Gasteiger partial charge is 0.331 e. The molecule has 0 fully saturated rings. The standard InChI is InChI=1S/C14H12FN3O/c15-13-8-11(3-4-12(13)9-16)10-18-6-5-17-14(18)2-1-7-19/h3-8H,1-2,10H2. The lowest BCUT2D eigenvalue weighted by atomic mass is 10.1. The van der Waals surface area contributed by atoms with Crippen molar-refractivity contribution in [3.8, 4) is 6.07 Å². The molecule has 0 N–H and O–H groups in total. The van der Waals surface area contributed by atoms with Crippen molar-refractivity contribution in [3.63, 3.8) is 0 Å². The zero-order valence-corrected chi connectivity index (χ0v) is 10.2. The number of halogens is 1. The minimum absolute atomic E-state index is 0.0376. The van der Waals surface area contributed by atoms with Crippen molar-refractivity contribution in [1.29, 1.82) is 5.26 Å². The molecule has 1 aromatic carbocycles. The molecule has 2 aromatic rings. The summed E-state index contributed by atoms with van der Waals surface area (Å²) in [5.74, 6) is 0.270.